The molecule has 1 N–H and O–H groups in total. The van der Waals surface area contributed by atoms with Crippen molar-refractivity contribution in [2.75, 3.05) is 41.5 Å². The van der Waals surface area contributed by atoms with Gasteiger partial charge in [-0.05, 0) is 30.3 Å². The molecule has 0 bridgehead atoms. The molecule has 0 spiro atoms. The predicted octanol–water partition coefficient (Wildman–Crippen LogP) is 3.41. The summed E-state index contributed by atoms with van der Waals surface area (Å²) in [4.78, 5) is 6.37. The first-order valence-corrected chi connectivity index (χ1v) is 8.48. The van der Waals surface area contributed by atoms with Crippen LogP contribution in [0.1, 0.15) is 5.56 Å². The number of rotatable bonds is 8. The number of guanidine groups is 1. The van der Waals surface area contributed by atoms with E-state index in [1.54, 1.807) is 21.3 Å². The largest absolute Gasteiger partial charge is 0.497 e. The third kappa shape index (κ3) is 7.16. The van der Waals surface area contributed by atoms with Crippen molar-refractivity contribution in [1.29, 1.82) is 0 Å². The maximum Gasteiger partial charge on any atom is 0.193 e. The summed E-state index contributed by atoms with van der Waals surface area (Å²) in [6.07, 6.45) is 0. The maximum absolute atomic E-state index is 5.72. The zero-order valence-electron chi connectivity index (χ0n) is 16.3. The number of nitrogens with zero attached hydrogens (tertiary/aromatic N) is 2. The molecule has 0 aromatic heterocycles. The number of benzene rings is 2. The zero-order valence-corrected chi connectivity index (χ0v) is 18.6. The number of para-hydroxylation sites is 1. The Kier molecular flexibility index (Phi) is 10.4. The van der Waals surface area contributed by atoms with Crippen LogP contribution < -0.4 is 19.5 Å². The molecule has 0 radical (unpaired) electrons. The molecule has 0 heterocycles. The third-order valence-electron chi connectivity index (χ3n) is 3.89. The van der Waals surface area contributed by atoms with Gasteiger partial charge in [-0.25, -0.2) is 0 Å². The minimum absolute atomic E-state index is 0. The Labute approximate surface area is 178 Å². The summed E-state index contributed by atoms with van der Waals surface area (Å²) in [5, 5.41) is 3.31. The number of ether oxygens (including phenoxy) is 3. The molecule has 2 rings (SSSR count). The molecule has 2 aromatic rings. The number of aliphatic imine (C=N–C) groups is 1. The van der Waals surface area contributed by atoms with Crippen molar-refractivity contribution < 1.29 is 14.2 Å². The molecule has 0 atom stereocenters. The number of hydrogen-bond acceptors (Lipinski definition) is 4. The van der Waals surface area contributed by atoms with Gasteiger partial charge in [0.2, 0.25) is 0 Å². The van der Waals surface area contributed by atoms with Crippen molar-refractivity contribution in [3.8, 4) is 17.2 Å². The smallest absolute Gasteiger partial charge is 0.193 e. The van der Waals surface area contributed by atoms with Crippen molar-refractivity contribution in [2.24, 2.45) is 4.99 Å². The molecule has 148 valence electrons. The SMILES string of the molecule is CN=C(NCCOc1ccc(OC)cc1)N(C)Cc1ccccc1OC.I. The summed E-state index contributed by atoms with van der Waals surface area (Å²) < 4.78 is 16.3. The average Bonchev–Trinajstić information content (AvgIpc) is 2.68. The van der Waals surface area contributed by atoms with Gasteiger partial charge < -0.3 is 24.4 Å². The van der Waals surface area contributed by atoms with Gasteiger partial charge in [0, 0.05) is 26.2 Å². The predicted molar refractivity (Wildman–Crippen MR) is 120 cm³/mol. The van der Waals surface area contributed by atoms with Gasteiger partial charge in [-0.2, -0.15) is 0 Å². The van der Waals surface area contributed by atoms with E-state index in [9.17, 15) is 0 Å². The van der Waals surface area contributed by atoms with Gasteiger partial charge in [-0.3, -0.25) is 4.99 Å². The van der Waals surface area contributed by atoms with Gasteiger partial charge in [0.25, 0.3) is 0 Å². The highest BCUT2D eigenvalue weighted by Gasteiger charge is 2.09. The normalized spacial score (nSPS) is 10.6. The molecular formula is C20H28IN3O3. The summed E-state index contributed by atoms with van der Waals surface area (Å²) >= 11 is 0. The highest BCUT2D eigenvalue weighted by atomic mass is 127. The van der Waals surface area contributed by atoms with Crippen molar-refractivity contribution in [2.45, 2.75) is 6.54 Å². The van der Waals surface area contributed by atoms with Crippen molar-refractivity contribution >= 4 is 29.9 Å². The molecule has 0 saturated heterocycles. The van der Waals surface area contributed by atoms with Crippen LogP contribution in [0.25, 0.3) is 0 Å². The summed E-state index contributed by atoms with van der Waals surface area (Å²) in [5.41, 5.74) is 1.11. The Morgan fingerprint density at radius 3 is 2.30 bits per heavy atom. The minimum Gasteiger partial charge on any atom is -0.497 e. The topological polar surface area (TPSA) is 55.3 Å². The Balaban J connectivity index is 0.00000364. The number of hydrogen-bond donors (Lipinski definition) is 1. The van der Waals surface area contributed by atoms with Gasteiger partial charge in [-0.15, -0.1) is 24.0 Å². The summed E-state index contributed by atoms with van der Waals surface area (Å²) in [6.45, 7) is 1.88. The average molecular weight is 485 g/mol. The van der Waals surface area contributed by atoms with Crippen LogP contribution in [0, 0.1) is 0 Å². The molecule has 0 aliphatic carbocycles. The van der Waals surface area contributed by atoms with E-state index in [0.29, 0.717) is 19.7 Å². The highest BCUT2D eigenvalue weighted by Crippen LogP contribution is 2.19. The maximum atomic E-state index is 5.72. The molecule has 0 fully saturated rings. The lowest BCUT2D eigenvalue weighted by molar-refractivity contribution is 0.318. The standard InChI is InChI=1S/C20H27N3O3.HI/c1-21-20(23(2)15-16-7-5-6-8-19(16)25-4)22-13-14-26-18-11-9-17(24-3)10-12-18;/h5-12H,13-15H2,1-4H3,(H,21,22);1H. The third-order valence-corrected chi connectivity index (χ3v) is 3.89. The summed E-state index contributed by atoms with van der Waals surface area (Å²) in [6, 6.07) is 15.5. The Morgan fingerprint density at radius 1 is 1.00 bits per heavy atom. The molecule has 0 unspecified atom stereocenters. The quantitative estimate of drug-likeness (QED) is 0.269. The van der Waals surface area contributed by atoms with Gasteiger partial charge in [0.15, 0.2) is 5.96 Å². The van der Waals surface area contributed by atoms with Crippen molar-refractivity contribution in [3.05, 3.63) is 54.1 Å². The second kappa shape index (κ2) is 12.3. The molecule has 0 aliphatic heterocycles. The van der Waals surface area contributed by atoms with Crippen LogP contribution in [-0.2, 0) is 6.54 Å². The van der Waals surface area contributed by atoms with Crippen LogP contribution in [0.4, 0.5) is 0 Å². The molecule has 6 nitrogen and oxygen atoms in total. The highest BCUT2D eigenvalue weighted by molar-refractivity contribution is 14.0. The van der Waals surface area contributed by atoms with E-state index in [-0.39, 0.29) is 24.0 Å². The van der Waals surface area contributed by atoms with E-state index in [1.165, 1.54) is 0 Å². The molecule has 0 aliphatic rings. The Morgan fingerprint density at radius 2 is 1.67 bits per heavy atom. The first-order valence-electron chi connectivity index (χ1n) is 8.48. The fraction of sp³-hybridized carbons (Fsp3) is 0.350. The first-order chi connectivity index (χ1) is 12.7. The second-order valence-corrected chi connectivity index (χ2v) is 5.67. The fourth-order valence-electron chi connectivity index (χ4n) is 2.55. The van der Waals surface area contributed by atoms with Crippen LogP contribution in [0.2, 0.25) is 0 Å². The van der Waals surface area contributed by atoms with E-state index >= 15 is 0 Å². The molecule has 7 heteroatoms. The lowest BCUT2D eigenvalue weighted by atomic mass is 10.2. The van der Waals surface area contributed by atoms with Gasteiger partial charge in [0.1, 0.15) is 23.9 Å². The first kappa shape index (κ1) is 22.9. The van der Waals surface area contributed by atoms with Crippen LogP contribution in [0.15, 0.2) is 53.5 Å². The van der Waals surface area contributed by atoms with Crippen LogP contribution >= 0.6 is 24.0 Å². The Hall–Kier alpha value is -2.16. The lowest BCUT2D eigenvalue weighted by Gasteiger charge is -2.23. The van der Waals surface area contributed by atoms with E-state index in [2.05, 4.69) is 16.4 Å². The molecule has 0 amide bonds. The molecular weight excluding hydrogens is 457 g/mol. The van der Waals surface area contributed by atoms with Crippen molar-refractivity contribution in [1.82, 2.24) is 10.2 Å². The van der Waals surface area contributed by atoms with E-state index in [4.69, 9.17) is 14.2 Å². The molecule has 0 saturated carbocycles. The van der Waals surface area contributed by atoms with Crippen LogP contribution in [-0.4, -0.2) is 52.3 Å². The second-order valence-electron chi connectivity index (χ2n) is 5.67. The lowest BCUT2D eigenvalue weighted by Crippen LogP contribution is -2.40. The Bertz CT molecular complexity index is 708. The summed E-state index contributed by atoms with van der Waals surface area (Å²) in [5.74, 6) is 3.30. The van der Waals surface area contributed by atoms with Crippen LogP contribution in [0.5, 0.6) is 17.2 Å². The fourth-order valence-corrected chi connectivity index (χ4v) is 2.55. The minimum atomic E-state index is 0. The zero-order chi connectivity index (χ0) is 18.8. The number of methoxy groups -OCH3 is 2. The van der Waals surface area contributed by atoms with E-state index in [0.717, 1.165) is 28.8 Å². The van der Waals surface area contributed by atoms with E-state index in [1.807, 2.05) is 54.4 Å². The van der Waals surface area contributed by atoms with Crippen LogP contribution in [0.3, 0.4) is 0 Å². The monoisotopic (exact) mass is 485 g/mol. The summed E-state index contributed by atoms with van der Waals surface area (Å²) in [7, 11) is 7.09. The molecule has 2 aromatic carbocycles. The molecule has 27 heavy (non-hydrogen) atoms. The number of halogens is 1. The van der Waals surface area contributed by atoms with Gasteiger partial charge in [-0.1, -0.05) is 18.2 Å². The number of nitrogens with one attached hydrogen (secondary N) is 1. The van der Waals surface area contributed by atoms with Gasteiger partial charge >= 0.3 is 0 Å². The van der Waals surface area contributed by atoms with Crippen molar-refractivity contribution in [3.63, 3.8) is 0 Å². The van der Waals surface area contributed by atoms with Gasteiger partial charge in [0.05, 0.1) is 20.8 Å². The van der Waals surface area contributed by atoms with E-state index < -0.39 is 0 Å².